The van der Waals surface area contributed by atoms with Gasteiger partial charge in [-0.15, -0.1) is 0 Å². The predicted octanol–water partition coefficient (Wildman–Crippen LogP) is -1.96. The van der Waals surface area contributed by atoms with E-state index in [1.54, 1.807) is 0 Å². The van der Waals surface area contributed by atoms with Gasteiger partial charge in [-0.2, -0.15) is 0 Å². The van der Waals surface area contributed by atoms with Gasteiger partial charge in [0.1, 0.15) is 0 Å². The van der Waals surface area contributed by atoms with Gasteiger partial charge in [-0.25, -0.2) is 0 Å². The summed E-state index contributed by atoms with van der Waals surface area (Å²) in [5.41, 5.74) is 7.76. The summed E-state index contributed by atoms with van der Waals surface area (Å²) in [6.07, 6.45) is 0. The molecule has 0 unspecified atom stereocenters. The Balaban J connectivity index is 0. The molecule has 147 valence electrons. The van der Waals surface area contributed by atoms with Crippen molar-refractivity contribution in [2.75, 3.05) is 36.8 Å². The van der Waals surface area contributed by atoms with E-state index in [1.165, 1.54) is 33.6 Å². The molecule has 0 amide bonds. The van der Waals surface area contributed by atoms with Crippen molar-refractivity contribution in [3.63, 3.8) is 0 Å². The molecule has 0 heterocycles. The number of hydrogen-bond donors (Lipinski definition) is 3. The number of para-hydroxylation sites is 2. The maximum atomic E-state index is 3.53. The SMILES string of the molecule is Cc1cccc(C)c1NCCNCCNc1c(C)cccc1C.[Cl-].[Cl-].[Tc]. The van der Waals surface area contributed by atoms with Crippen LogP contribution in [-0.4, -0.2) is 26.2 Å². The fourth-order valence-corrected chi connectivity index (χ4v) is 2.86. The van der Waals surface area contributed by atoms with E-state index in [0.29, 0.717) is 0 Å². The third-order valence-corrected chi connectivity index (χ3v) is 4.17. The zero-order valence-electron chi connectivity index (χ0n) is 15.9. The molecule has 6 heteroatoms. The molecule has 0 aliphatic carbocycles. The second-order valence-corrected chi connectivity index (χ2v) is 6.14. The first kappa shape index (κ1) is 27.4. The van der Waals surface area contributed by atoms with E-state index in [9.17, 15) is 0 Å². The Bertz CT molecular complexity index is 555. The first-order chi connectivity index (χ1) is 11.1. The number of halogens is 2. The molecule has 0 aromatic heterocycles. The van der Waals surface area contributed by atoms with Crippen LogP contribution in [0.1, 0.15) is 22.3 Å². The normalized spacial score (nSPS) is 9.38. The number of nitrogens with one attached hydrogen (secondary N) is 3. The molecule has 0 saturated carbocycles. The van der Waals surface area contributed by atoms with E-state index < -0.39 is 0 Å². The van der Waals surface area contributed by atoms with E-state index in [0.717, 1.165) is 26.2 Å². The summed E-state index contributed by atoms with van der Waals surface area (Å²) in [6.45, 7) is 12.4. The van der Waals surface area contributed by atoms with Gasteiger partial charge in [0.25, 0.3) is 0 Å². The Hall–Kier alpha value is -0.771. The number of aryl methyl sites for hydroxylation is 4. The van der Waals surface area contributed by atoms with Crippen molar-refractivity contribution in [3.8, 4) is 0 Å². The maximum Gasteiger partial charge on any atom is 0.0400 e. The molecule has 0 aliphatic rings. The standard InChI is InChI=1S/C20H29N3.2ClH.Tc/c1-15-7-5-8-16(2)19(15)22-13-11-21-12-14-23-20-17(3)9-6-10-18(20)4;;;/h5-10,21-23H,11-14H2,1-4H3;2*1H;/p-2. The topological polar surface area (TPSA) is 36.1 Å². The third-order valence-electron chi connectivity index (χ3n) is 4.17. The van der Waals surface area contributed by atoms with Crippen LogP contribution in [0.3, 0.4) is 0 Å². The minimum atomic E-state index is 0. The van der Waals surface area contributed by atoms with Gasteiger partial charge in [0.15, 0.2) is 0 Å². The average Bonchev–Trinajstić information content (AvgIpc) is 2.51. The van der Waals surface area contributed by atoms with Crippen molar-refractivity contribution in [2.45, 2.75) is 27.7 Å². The minimum Gasteiger partial charge on any atom is -1.00 e. The molecule has 0 aliphatic heterocycles. The molecule has 2 rings (SSSR count). The van der Waals surface area contributed by atoms with E-state index in [4.69, 9.17) is 0 Å². The number of anilines is 2. The molecule has 0 bridgehead atoms. The molecule has 2 aromatic rings. The summed E-state index contributed by atoms with van der Waals surface area (Å²) >= 11 is 0. The van der Waals surface area contributed by atoms with Crippen molar-refractivity contribution >= 4 is 11.4 Å². The monoisotopic (exact) mass is 478 g/mol. The molecule has 0 fully saturated rings. The number of benzene rings is 2. The van der Waals surface area contributed by atoms with Crippen LogP contribution in [0.25, 0.3) is 0 Å². The molecule has 0 atom stereocenters. The summed E-state index contributed by atoms with van der Waals surface area (Å²) in [5.74, 6) is 0. The van der Waals surface area contributed by atoms with Gasteiger partial charge in [-0.3, -0.25) is 0 Å². The number of hydrogen-bond acceptors (Lipinski definition) is 3. The molecule has 1 radical (unpaired) electrons. The van der Waals surface area contributed by atoms with Gasteiger partial charge < -0.3 is 40.8 Å². The zero-order valence-corrected chi connectivity index (χ0v) is 19.3. The molecule has 0 spiro atoms. The fraction of sp³-hybridized carbons (Fsp3) is 0.400. The van der Waals surface area contributed by atoms with Gasteiger partial charge in [0.05, 0.1) is 0 Å². The molecule has 2 aromatic carbocycles. The largest absolute Gasteiger partial charge is 1.00 e. The molecular formula is C20H29Cl2N3Tc-2. The van der Waals surface area contributed by atoms with Crippen molar-refractivity contribution in [3.05, 3.63) is 58.7 Å². The minimum absolute atomic E-state index is 0. The van der Waals surface area contributed by atoms with Crippen LogP contribution in [0.5, 0.6) is 0 Å². The van der Waals surface area contributed by atoms with Crippen LogP contribution in [-0.2, 0) is 20.1 Å². The van der Waals surface area contributed by atoms with E-state index in [-0.39, 0.29) is 44.9 Å². The molecular weight excluding hydrogens is 451 g/mol. The van der Waals surface area contributed by atoms with E-state index in [1.807, 2.05) is 0 Å². The Morgan fingerprint density at radius 2 is 0.885 bits per heavy atom. The van der Waals surface area contributed by atoms with Gasteiger partial charge in [-0.05, 0) is 49.9 Å². The fourth-order valence-electron chi connectivity index (χ4n) is 2.86. The zero-order chi connectivity index (χ0) is 16.7. The van der Waals surface area contributed by atoms with Gasteiger partial charge in [0.2, 0.25) is 0 Å². The summed E-state index contributed by atoms with van der Waals surface area (Å²) in [6, 6.07) is 12.8. The third kappa shape index (κ3) is 8.28. The van der Waals surface area contributed by atoms with Crippen molar-refractivity contribution in [1.29, 1.82) is 0 Å². The molecule has 26 heavy (non-hydrogen) atoms. The van der Waals surface area contributed by atoms with Crippen LogP contribution < -0.4 is 40.8 Å². The quantitative estimate of drug-likeness (QED) is 0.385. The predicted molar refractivity (Wildman–Crippen MR) is 102 cm³/mol. The smallest absolute Gasteiger partial charge is 0.0400 e. The summed E-state index contributed by atoms with van der Waals surface area (Å²) < 4.78 is 0. The van der Waals surface area contributed by atoms with Crippen molar-refractivity contribution in [2.24, 2.45) is 0 Å². The Morgan fingerprint density at radius 3 is 1.19 bits per heavy atom. The van der Waals surface area contributed by atoms with Crippen LogP contribution in [0, 0.1) is 27.7 Å². The summed E-state index contributed by atoms with van der Waals surface area (Å²) in [5, 5.41) is 10.5. The van der Waals surface area contributed by atoms with E-state index in [2.05, 4.69) is 80.0 Å². The van der Waals surface area contributed by atoms with Crippen molar-refractivity contribution < 1.29 is 44.9 Å². The summed E-state index contributed by atoms with van der Waals surface area (Å²) in [7, 11) is 0. The average molecular weight is 480 g/mol. The first-order valence-corrected chi connectivity index (χ1v) is 8.40. The number of rotatable bonds is 8. The second kappa shape index (κ2) is 14.3. The van der Waals surface area contributed by atoms with Crippen LogP contribution in [0.15, 0.2) is 36.4 Å². The van der Waals surface area contributed by atoms with Crippen LogP contribution in [0.2, 0.25) is 0 Å². The second-order valence-electron chi connectivity index (χ2n) is 6.14. The van der Waals surface area contributed by atoms with Crippen LogP contribution >= 0.6 is 0 Å². The van der Waals surface area contributed by atoms with Gasteiger partial charge in [0, 0.05) is 57.7 Å². The maximum absolute atomic E-state index is 3.53. The molecule has 3 nitrogen and oxygen atoms in total. The molecule has 3 N–H and O–H groups in total. The molecule has 0 saturated heterocycles. The Morgan fingerprint density at radius 1 is 0.577 bits per heavy atom. The summed E-state index contributed by atoms with van der Waals surface area (Å²) in [4.78, 5) is 0. The van der Waals surface area contributed by atoms with Gasteiger partial charge >= 0.3 is 0 Å². The van der Waals surface area contributed by atoms with Gasteiger partial charge in [-0.1, -0.05) is 36.4 Å². The Kier molecular flexibility index (Phi) is 15.1. The first-order valence-electron chi connectivity index (χ1n) is 8.40. The Labute approximate surface area is 184 Å². The van der Waals surface area contributed by atoms with Crippen LogP contribution in [0.4, 0.5) is 11.4 Å². The van der Waals surface area contributed by atoms with Crippen molar-refractivity contribution in [1.82, 2.24) is 5.32 Å². The van der Waals surface area contributed by atoms with E-state index >= 15 is 0 Å².